The molecule has 8 heteroatoms. The molecule has 1 aromatic carbocycles. The molecule has 0 unspecified atom stereocenters. The molecule has 178 valence electrons. The van der Waals surface area contributed by atoms with Gasteiger partial charge in [0.2, 0.25) is 5.65 Å². The minimum Gasteiger partial charge on any atom is -0.475 e. The Kier molecular flexibility index (Phi) is 6.34. The zero-order valence-electron chi connectivity index (χ0n) is 20.3. The number of hydrogen-bond donors (Lipinski definition) is 0. The van der Waals surface area contributed by atoms with E-state index in [1.165, 1.54) is 6.42 Å². The average molecular weight is 468 g/mol. The number of nitrogens with zero attached hydrogens (tertiary/aromatic N) is 7. The topological polar surface area (TPSA) is 82.6 Å². The number of rotatable bonds is 6. The van der Waals surface area contributed by atoms with Crippen molar-refractivity contribution < 1.29 is 4.74 Å². The predicted octanol–water partition coefficient (Wildman–Crippen LogP) is 4.12. The normalized spacial score (nSPS) is 16.2. The fourth-order valence-corrected chi connectivity index (χ4v) is 4.63. The van der Waals surface area contributed by atoms with Crippen molar-refractivity contribution in [2.45, 2.75) is 12.8 Å². The molecule has 0 saturated carbocycles. The molecular weight excluding hydrogens is 438 g/mol. The molecule has 5 rings (SSSR count). The van der Waals surface area contributed by atoms with Crippen LogP contribution in [0.3, 0.4) is 0 Å². The number of anilines is 1. The highest BCUT2D eigenvalue weighted by molar-refractivity contribution is 5.81. The van der Waals surface area contributed by atoms with Gasteiger partial charge in [-0.05, 0) is 50.7 Å². The van der Waals surface area contributed by atoms with E-state index in [2.05, 4.69) is 28.0 Å². The van der Waals surface area contributed by atoms with Crippen molar-refractivity contribution in [1.29, 1.82) is 5.26 Å². The lowest BCUT2D eigenvalue weighted by Crippen LogP contribution is -2.34. The van der Waals surface area contributed by atoms with Crippen molar-refractivity contribution in [1.82, 2.24) is 24.3 Å². The predicted molar refractivity (Wildman–Crippen MR) is 136 cm³/mol. The van der Waals surface area contributed by atoms with E-state index in [1.54, 1.807) is 6.20 Å². The van der Waals surface area contributed by atoms with Gasteiger partial charge in [-0.3, -0.25) is 4.40 Å². The zero-order chi connectivity index (χ0) is 24.4. The van der Waals surface area contributed by atoms with Crippen LogP contribution in [-0.2, 0) is 0 Å². The third-order valence-electron chi connectivity index (χ3n) is 6.46. The number of ether oxygens (including phenoxy) is 1. The molecule has 4 aromatic rings. The summed E-state index contributed by atoms with van der Waals surface area (Å²) in [6.07, 6.45) is 7.89. The maximum absolute atomic E-state index is 9.26. The Hall–Kier alpha value is -3.96. The number of nitriles is 1. The van der Waals surface area contributed by atoms with Crippen LogP contribution in [0.25, 0.3) is 28.2 Å². The number of imidazole rings is 1. The van der Waals surface area contributed by atoms with E-state index in [1.807, 2.05) is 72.2 Å². The Balaban J connectivity index is 1.61. The van der Waals surface area contributed by atoms with Crippen LogP contribution < -0.4 is 9.64 Å². The van der Waals surface area contributed by atoms with Gasteiger partial charge in [0.25, 0.3) is 5.88 Å². The van der Waals surface area contributed by atoms with Crippen molar-refractivity contribution in [3.63, 3.8) is 0 Å². The number of benzene rings is 1. The van der Waals surface area contributed by atoms with E-state index in [0.717, 1.165) is 47.8 Å². The van der Waals surface area contributed by atoms with Gasteiger partial charge >= 0.3 is 0 Å². The van der Waals surface area contributed by atoms with Crippen molar-refractivity contribution in [2.75, 3.05) is 45.7 Å². The van der Waals surface area contributed by atoms with Crippen molar-refractivity contribution in [3.8, 4) is 34.5 Å². The summed E-state index contributed by atoms with van der Waals surface area (Å²) in [5.74, 6) is 1.86. The van der Waals surface area contributed by atoms with Crippen molar-refractivity contribution >= 4 is 11.5 Å². The minimum absolute atomic E-state index is 0.464. The lowest BCUT2D eigenvalue weighted by molar-refractivity contribution is 0.148. The summed E-state index contributed by atoms with van der Waals surface area (Å²) < 4.78 is 8.34. The van der Waals surface area contributed by atoms with Crippen LogP contribution >= 0.6 is 0 Å². The SMILES string of the molecule is CN1CCC[C@@H](COc2nc(-c3ccc(C#N)cc3)c(-c3ccc(N(C)C)nc3)n3ccnc23)C1. The van der Waals surface area contributed by atoms with Gasteiger partial charge in [0.1, 0.15) is 5.82 Å². The molecule has 1 aliphatic rings. The second kappa shape index (κ2) is 9.72. The Morgan fingerprint density at radius 2 is 1.91 bits per heavy atom. The molecule has 0 bridgehead atoms. The molecule has 1 saturated heterocycles. The van der Waals surface area contributed by atoms with E-state index >= 15 is 0 Å². The first-order chi connectivity index (χ1) is 17.0. The molecule has 1 fully saturated rings. The minimum atomic E-state index is 0.464. The fraction of sp³-hybridized carbons (Fsp3) is 0.333. The number of piperidine rings is 1. The summed E-state index contributed by atoms with van der Waals surface area (Å²) >= 11 is 0. The Bertz CT molecular complexity index is 1350. The van der Waals surface area contributed by atoms with Crippen LogP contribution in [0.1, 0.15) is 18.4 Å². The van der Waals surface area contributed by atoms with Gasteiger partial charge in [-0.2, -0.15) is 5.26 Å². The van der Waals surface area contributed by atoms with Crippen LogP contribution in [0.15, 0.2) is 55.0 Å². The molecule has 1 aliphatic heterocycles. The van der Waals surface area contributed by atoms with E-state index < -0.39 is 0 Å². The third kappa shape index (κ3) is 4.68. The van der Waals surface area contributed by atoms with Crippen LogP contribution in [0.5, 0.6) is 5.88 Å². The first-order valence-corrected chi connectivity index (χ1v) is 11.9. The standard InChI is InChI=1S/C27H29N7O/c1-32(2)23-11-10-22(16-30-23)25-24(21-8-6-19(15-28)7-9-21)31-27(26-29-12-14-34(25)26)35-18-20-5-4-13-33(3)17-20/h6-12,14,16,20H,4-5,13,17-18H2,1-3H3/t20-/m1/s1. The number of likely N-dealkylation sites (tertiary alicyclic amines) is 1. The second-order valence-corrected chi connectivity index (χ2v) is 9.31. The molecule has 4 heterocycles. The fourth-order valence-electron chi connectivity index (χ4n) is 4.63. The summed E-state index contributed by atoms with van der Waals surface area (Å²) in [6.45, 7) is 2.76. The van der Waals surface area contributed by atoms with Gasteiger partial charge < -0.3 is 14.5 Å². The van der Waals surface area contributed by atoms with Gasteiger partial charge in [0.05, 0.1) is 29.6 Å². The maximum Gasteiger partial charge on any atom is 0.259 e. The van der Waals surface area contributed by atoms with Crippen molar-refractivity contribution in [2.24, 2.45) is 5.92 Å². The summed E-state index contributed by atoms with van der Waals surface area (Å²) in [7, 11) is 6.09. The van der Waals surface area contributed by atoms with E-state index in [0.29, 0.717) is 29.6 Å². The van der Waals surface area contributed by atoms with E-state index in [-0.39, 0.29) is 0 Å². The molecule has 0 N–H and O–H groups in total. The summed E-state index contributed by atoms with van der Waals surface area (Å²) in [4.78, 5) is 18.5. The van der Waals surface area contributed by atoms with Crippen LogP contribution in [0, 0.1) is 17.2 Å². The highest BCUT2D eigenvalue weighted by atomic mass is 16.5. The molecular formula is C27H29N7O. The molecule has 8 nitrogen and oxygen atoms in total. The Morgan fingerprint density at radius 3 is 2.60 bits per heavy atom. The second-order valence-electron chi connectivity index (χ2n) is 9.31. The monoisotopic (exact) mass is 467 g/mol. The summed E-state index contributed by atoms with van der Waals surface area (Å²) in [5, 5.41) is 9.26. The highest BCUT2D eigenvalue weighted by Gasteiger charge is 2.22. The molecule has 0 spiro atoms. The lowest BCUT2D eigenvalue weighted by Gasteiger charge is -2.29. The number of aromatic nitrogens is 4. The van der Waals surface area contributed by atoms with Gasteiger partial charge in [-0.1, -0.05) is 12.1 Å². The van der Waals surface area contributed by atoms with Gasteiger partial charge in [-0.25, -0.2) is 15.0 Å². The maximum atomic E-state index is 9.26. The Morgan fingerprint density at radius 1 is 1.11 bits per heavy atom. The van der Waals surface area contributed by atoms with Gasteiger partial charge in [0.15, 0.2) is 0 Å². The third-order valence-corrected chi connectivity index (χ3v) is 6.46. The zero-order valence-corrected chi connectivity index (χ0v) is 20.3. The quantitative estimate of drug-likeness (QED) is 0.422. The number of fused-ring (bicyclic) bond motifs is 1. The van der Waals surface area contributed by atoms with E-state index in [4.69, 9.17) is 9.72 Å². The molecule has 0 aliphatic carbocycles. The smallest absolute Gasteiger partial charge is 0.259 e. The summed E-state index contributed by atoms with van der Waals surface area (Å²) in [6, 6.07) is 13.7. The van der Waals surface area contributed by atoms with E-state index in [9.17, 15) is 5.26 Å². The molecule has 3 aromatic heterocycles. The van der Waals surface area contributed by atoms with Gasteiger partial charge in [0, 0.05) is 56.3 Å². The number of hydrogen-bond acceptors (Lipinski definition) is 7. The molecule has 0 radical (unpaired) electrons. The first kappa shape index (κ1) is 22.8. The highest BCUT2D eigenvalue weighted by Crippen LogP contribution is 2.35. The first-order valence-electron chi connectivity index (χ1n) is 11.9. The largest absolute Gasteiger partial charge is 0.475 e. The molecule has 0 amide bonds. The van der Waals surface area contributed by atoms with Crippen molar-refractivity contribution in [3.05, 3.63) is 60.6 Å². The molecule has 1 atom stereocenters. The number of pyridine rings is 1. The van der Waals surface area contributed by atoms with Crippen LogP contribution in [0.2, 0.25) is 0 Å². The van der Waals surface area contributed by atoms with Gasteiger partial charge in [-0.15, -0.1) is 0 Å². The summed E-state index contributed by atoms with van der Waals surface area (Å²) in [5.41, 5.74) is 4.74. The average Bonchev–Trinajstić information content (AvgIpc) is 3.37. The van der Waals surface area contributed by atoms with Crippen LogP contribution in [0.4, 0.5) is 5.82 Å². The van der Waals surface area contributed by atoms with Crippen LogP contribution in [-0.4, -0.2) is 65.1 Å². The molecule has 35 heavy (non-hydrogen) atoms. The lowest BCUT2D eigenvalue weighted by atomic mass is 10.00. The Labute approximate surface area is 205 Å².